The van der Waals surface area contributed by atoms with Crippen molar-refractivity contribution in [1.29, 1.82) is 0 Å². The van der Waals surface area contributed by atoms with Crippen LogP contribution in [0.5, 0.6) is 0 Å². The monoisotopic (exact) mass is 258 g/mol. The van der Waals surface area contributed by atoms with E-state index in [1.54, 1.807) is 0 Å². The van der Waals surface area contributed by atoms with Crippen LogP contribution in [0.4, 0.5) is 5.69 Å². The zero-order valence-corrected chi connectivity index (χ0v) is 11.9. The number of nitrogens with two attached hydrogens (primary N) is 1. The Kier molecular flexibility index (Phi) is 4.22. The molecule has 4 heteroatoms. The quantitative estimate of drug-likeness (QED) is 0.895. The molecule has 0 amide bonds. The summed E-state index contributed by atoms with van der Waals surface area (Å²) in [6.45, 7) is 5.69. The van der Waals surface area contributed by atoms with E-state index in [4.69, 9.17) is 5.73 Å². The van der Waals surface area contributed by atoms with Gasteiger partial charge in [-0.1, -0.05) is 17.7 Å². The van der Waals surface area contributed by atoms with E-state index < -0.39 is 0 Å². The fourth-order valence-electron chi connectivity index (χ4n) is 2.31. The minimum Gasteiger partial charge on any atom is -0.365 e. The molecule has 1 atom stereocenters. The lowest BCUT2D eigenvalue weighted by Gasteiger charge is -2.29. The summed E-state index contributed by atoms with van der Waals surface area (Å²) in [6.07, 6.45) is 3.77. The predicted molar refractivity (Wildman–Crippen MR) is 79.3 cm³/mol. The molecule has 0 fully saturated rings. The smallest absolute Gasteiger partial charge is 0.0948 e. The van der Waals surface area contributed by atoms with E-state index in [1.165, 1.54) is 11.3 Å². The molecule has 2 N–H and O–H groups in total. The molecule has 19 heavy (non-hydrogen) atoms. The summed E-state index contributed by atoms with van der Waals surface area (Å²) in [5, 5.41) is 0. The van der Waals surface area contributed by atoms with Crippen LogP contribution in [-0.2, 0) is 6.54 Å². The molecule has 4 nitrogen and oxygen atoms in total. The largest absolute Gasteiger partial charge is 0.365 e. The van der Waals surface area contributed by atoms with Crippen molar-refractivity contribution in [3.05, 3.63) is 48.0 Å². The molecule has 0 radical (unpaired) electrons. The van der Waals surface area contributed by atoms with Crippen molar-refractivity contribution in [2.75, 3.05) is 18.5 Å². The normalized spacial score (nSPS) is 12.4. The molecule has 2 aromatic rings. The highest BCUT2D eigenvalue weighted by Crippen LogP contribution is 2.25. The number of hydrogen-bond acceptors (Lipinski definition) is 3. The Bertz CT molecular complexity index is 515. The zero-order chi connectivity index (χ0) is 13.8. The number of anilines is 1. The van der Waals surface area contributed by atoms with Crippen molar-refractivity contribution >= 4 is 5.69 Å². The topological polar surface area (TPSA) is 47.1 Å². The summed E-state index contributed by atoms with van der Waals surface area (Å²) < 4.78 is 2.14. The van der Waals surface area contributed by atoms with Gasteiger partial charge in [0.05, 0.1) is 24.3 Å². The Balaban J connectivity index is 2.29. The van der Waals surface area contributed by atoms with Crippen molar-refractivity contribution in [2.45, 2.75) is 26.4 Å². The Morgan fingerprint density at radius 2 is 2.00 bits per heavy atom. The summed E-state index contributed by atoms with van der Waals surface area (Å²) in [5.74, 6) is 0. The molecule has 0 aliphatic heterocycles. The lowest BCUT2D eigenvalue weighted by atomic mass is 10.1. The van der Waals surface area contributed by atoms with Gasteiger partial charge in [0.25, 0.3) is 0 Å². The van der Waals surface area contributed by atoms with Crippen LogP contribution in [0.25, 0.3) is 0 Å². The number of nitrogens with zero attached hydrogens (tertiary/aromatic N) is 3. The Morgan fingerprint density at radius 1 is 1.32 bits per heavy atom. The van der Waals surface area contributed by atoms with Crippen LogP contribution >= 0.6 is 0 Å². The summed E-state index contributed by atoms with van der Waals surface area (Å²) in [4.78, 5) is 6.44. The lowest BCUT2D eigenvalue weighted by Crippen LogP contribution is -2.32. The Hall–Kier alpha value is -1.81. The number of aryl methyl sites for hydroxylation is 2. The minimum absolute atomic E-state index is 0.144. The molecule has 1 aromatic heterocycles. The molecule has 1 heterocycles. The predicted octanol–water partition coefficient (Wildman–Crippen LogP) is 2.35. The van der Waals surface area contributed by atoms with E-state index in [1.807, 2.05) is 12.5 Å². The average Bonchev–Trinajstić information content (AvgIpc) is 2.88. The van der Waals surface area contributed by atoms with E-state index in [9.17, 15) is 0 Å². The maximum Gasteiger partial charge on any atom is 0.0948 e. The van der Waals surface area contributed by atoms with E-state index in [0.717, 1.165) is 12.2 Å². The highest BCUT2D eigenvalue weighted by Gasteiger charge is 2.19. The molecule has 0 saturated carbocycles. The molecule has 0 bridgehead atoms. The highest BCUT2D eigenvalue weighted by atomic mass is 15.2. The fraction of sp³-hybridized carbons (Fsp3) is 0.400. The van der Waals surface area contributed by atoms with Crippen LogP contribution in [0.2, 0.25) is 0 Å². The first-order valence-corrected chi connectivity index (χ1v) is 6.67. The number of imidazole rings is 1. The van der Waals surface area contributed by atoms with E-state index in [0.29, 0.717) is 6.54 Å². The summed E-state index contributed by atoms with van der Waals surface area (Å²) >= 11 is 0. The molecule has 1 aromatic carbocycles. The standard InChI is InChI=1S/C15H22N4/c1-4-19-11-17-10-15(19)14(9-16)18(3)13-7-5-12(2)6-8-13/h5-8,10-11,14H,4,9,16H2,1-3H3. The third kappa shape index (κ3) is 2.79. The fourth-order valence-corrected chi connectivity index (χ4v) is 2.31. The second kappa shape index (κ2) is 5.89. The molecule has 0 aliphatic rings. The van der Waals surface area contributed by atoms with E-state index in [-0.39, 0.29) is 6.04 Å². The number of aromatic nitrogens is 2. The summed E-state index contributed by atoms with van der Waals surface area (Å²) in [6, 6.07) is 8.65. The van der Waals surface area contributed by atoms with Crippen molar-refractivity contribution in [2.24, 2.45) is 5.73 Å². The first-order chi connectivity index (χ1) is 9.17. The Labute approximate surface area is 114 Å². The zero-order valence-electron chi connectivity index (χ0n) is 11.9. The van der Waals surface area contributed by atoms with Gasteiger partial charge in [-0.15, -0.1) is 0 Å². The SMILES string of the molecule is CCn1cncc1C(CN)N(C)c1ccc(C)cc1. The van der Waals surface area contributed by atoms with Crippen LogP contribution in [0.15, 0.2) is 36.8 Å². The molecule has 102 valence electrons. The highest BCUT2D eigenvalue weighted by molar-refractivity contribution is 5.48. The number of rotatable bonds is 5. The summed E-state index contributed by atoms with van der Waals surface area (Å²) in [5.41, 5.74) is 9.57. The maximum atomic E-state index is 5.97. The van der Waals surface area contributed by atoms with Gasteiger partial charge in [-0.2, -0.15) is 0 Å². The van der Waals surface area contributed by atoms with Crippen molar-refractivity contribution in [3.63, 3.8) is 0 Å². The van der Waals surface area contributed by atoms with Gasteiger partial charge in [0.15, 0.2) is 0 Å². The Morgan fingerprint density at radius 3 is 2.58 bits per heavy atom. The minimum atomic E-state index is 0.144. The molecular formula is C15H22N4. The molecule has 0 spiro atoms. The van der Waals surface area contributed by atoms with E-state index in [2.05, 4.69) is 59.6 Å². The molecule has 0 saturated heterocycles. The summed E-state index contributed by atoms with van der Waals surface area (Å²) in [7, 11) is 2.08. The third-order valence-corrected chi connectivity index (χ3v) is 3.56. The van der Waals surface area contributed by atoms with Crippen LogP contribution < -0.4 is 10.6 Å². The van der Waals surface area contributed by atoms with Gasteiger partial charge in [0, 0.05) is 25.8 Å². The first kappa shape index (κ1) is 13.6. The van der Waals surface area contributed by atoms with Crippen molar-refractivity contribution in [1.82, 2.24) is 9.55 Å². The van der Waals surface area contributed by atoms with Crippen molar-refractivity contribution < 1.29 is 0 Å². The van der Waals surface area contributed by atoms with Gasteiger partial charge in [-0.3, -0.25) is 0 Å². The van der Waals surface area contributed by atoms with Crippen LogP contribution in [0.1, 0.15) is 24.2 Å². The molecule has 2 rings (SSSR count). The van der Waals surface area contributed by atoms with Crippen molar-refractivity contribution in [3.8, 4) is 0 Å². The van der Waals surface area contributed by atoms with Crippen LogP contribution in [0, 0.1) is 6.92 Å². The number of likely N-dealkylation sites (N-methyl/N-ethyl adjacent to an activating group) is 1. The van der Waals surface area contributed by atoms with Gasteiger partial charge in [0.1, 0.15) is 0 Å². The maximum absolute atomic E-state index is 5.97. The first-order valence-electron chi connectivity index (χ1n) is 6.67. The van der Waals surface area contributed by atoms with Gasteiger partial charge in [0.2, 0.25) is 0 Å². The van der Waals surface area contributed by atoms with Crippen LogP contribution in [-0.4, -0.2) is 23.1 Å². The number of benzene rings is 1. The van der Waals surface area contributed by atoms with Gasteiger partial charge in [-0.25, -0.2) is 4.98 Å². The van der Waals surface area contributed by atoms with Gasteiger partial charge < -0.3 is 15.2 Å². The van der Waals surface area contributed by atoms with E-state index >= 15 is 0 Å². The third-order valence-electron chi connectivity index (χ3n) is 3.56. The average molecular weight is 258 g/mol. The number of hydrogen-bond donors (Lipinski definition) is 1. The van der Waals surface area contributed by atoms with Gasteiger partial charge in [-0.05, 0) is 26.0 Å². The van der Waals surface area contributed by atoms with Crippen LogP contribution in [0.3, 0.4) is 0 Å². The van der Waals surface area contributed by atoms with Gasteiger partial charge >= 0.3 is 0 Å². The lowest BCUT2D eigenvalue weighted by molar-refractivity contribution is 0.602. The second-order valence-corrected chi connectivity index (χ2v) is 4.80. The second-order valence-electron chi connectivity index (χ2n) is 4.80. The molecule has 1 unspecified atom stereocenters. The molecule has 0 aliphatic carbocycles. The molecular weight excluding hydrogens is 236 g/mol.